The molecule has 1 atom stereocenters. The van der Waals surface area contributed by atoms with Gasteiger partial charge >= 0.3 is 6.09 Å². The molecular weight excluding hydrogens is 643 g/mol. The molecule has 6 nitrogen and oxygen atoms in total. The molecule has 0 N–H and O–H groups in total. The number of carbonyl (C=O) groups is 3. The van der Waals surface area contributed by atoms with Crippen molar-refractivity contribution in [3.63, 3.8) is 0 Å². The number of hydrogen-bond donors (Lipinski definition) is 0. The van der Waals surface area contributed by atoms with Crippen molar-refractivity contribution < 1.29 is 19.1 Å². The summed E-state index contributed by atoms with van der Waals surface area (Å²) in [5.41, 5.74) is -0.734. The zero-order valence-electron chi connectivity index (χ0n) is 17.8. The van der Waals surface area contributed by atoms with Gasteiger partial charge in [-0.25, -0.2) is 9.69 Å². The second-order valence-corrected chi connectivity index (χ2v) is 11.5. The molecule has 0 aromatic heterocycles. The molecular formula is C23H18Br3ClN2O4. The minimum atomic E-state index is -1.43. The fourth-order valence-electron chi connectivity index (χ4n) is 3.91. The van der Waals surface area contributed by atoms with Gasteiger partial charge < -0.3 is 4.74 Å². The summed E-state index contributed by atoms with van der Waals surface area (Å²) in [7, 11) is 0. The van der Waals surface area contributed by atoms with E-state index in [9.17, 15) is 14.4 Å². The van der Waals surface area contributed by atoms with Crippen LogP contribution in [0.4, 0.5) is 10.5 Å². The largest absolute Gasteiger partial charge is 0.443 e. The predicted molar refractivity (Wildman–Crippen MR) is 137 cm³/mol. The van der Waals surface area contributed by atoms with Crippen molar-refractivity contribution in [3.05, 3.63) is 67.1 Å². The highest BCUT2D eigenvalue weighted by Crippen LogP contribution is 2.57. The van der Waals surface area contributed by atoms with Gasteiger partial charge in [0.05, 0.1) is 17.1 Å². The number of hydrogen-bond acceptors (Lipinski definition) is 4. The SMILES string of the molecule is CC(C)(C)OC(=O)N1C(=O)C2(CC(=O)N2/C=C(/Cl)c2ccccc2)c2c1cc(Br)c(Br)c2Br. The maximum atomic E-state index is 13.9. The number of imide groups is 1. The number of fused-ring (bicyclic) bond motifs is 2. The molecule has 3 amide bonds. The lowest BCUT2D eigenvalue weighted by molar-refractivity contribution is -0.159. The van der Waals surface area contributed by atoms with Gasteiger partial charge in [0.15, 0.2) is 5.54 Å². The van der Waals surface area contributed by atoms with E-state index in [1.807, 2.05) is 18.2 Å². The molecule has 0 aliphatic carbocycles. The van der Waals surface area contributed by atoms with Crippen LogP contribution in [-0.4, -0.2) is 28.4 Å². The molecule has 2 aromatic rings. The maximum Gasteiger partial charge on any atom is 0.421 e. The normalized spacial score (nSPS) is 20.3. The highest BCUT2D eigenvalue weighted by Gasteiger charge is 2.66. The number of nitrogens with zero attached hydrogens (tertiary/aromatic N) is 2. The molecule has 10 heteroatoms. The molecule has 33 heavy (non-hydrogen) atoms. The molecule has 4 rings (SSSR count). The molecule has 2 aliphatic heterocycles. The molecule has 0 bridgehead atoms. The third-order valence-corrected chi connectivity index (χ3v) is 8.93. The number of likely N-dealkylation sites (tertiary alicyclic amines) is 1. The molecule has 1 saturated heterocycles. The number of rotatable bonds is 2. The van der Waals surface area contributed by atoms with E-state index in [1.54, 1.807) is 39.0 Å². The third-order valence-electron chi connectivity index (χ3n) is 5.31. The Labute approximate surface area is 221 Å². The van der Waals surface area contributed by atoms with Crippen LogP contribution in [0.3, 0.4) is 0 Å². The van der Waals surface area contributed by atoms with Gasteiger partial charge in [0.25, 0.3) is 5.91 Å². The summed E-state index contributed by atoms with van der Waals surface area (Å²) < 4.78 is 7.34. The molecule has 2 aliphatic rings. The van der Waals surface area contributed by atoms with Crippen LogP contribution in [-0.2, 0) is 19.9 Å². The fourth-order valence-corrected chi connectivity index (χ4v) is 5.87. The maximum absolute atomic E-state index is 13.9. The number of amides is 3. The van der Waals surface area contributed by atoms with E-state index in [1.165, 1.54) is 11.1 Å². The first-order valence-corrected chi connectivity index (χ1v) is 12.6. The van der Waals surface area contributed by atoms with Crippen LogP contribution in [0.15, 0.2) is 56.0 Å². The van der Waals surface area contributed by atoms with E-state index >= 15 is 0 Å². The summed E-state index contributed by atoms with van der Waals surface area (Å²) in [6.07, 6.45) is 0.523. The smallest absolute Gasteiger partial charge is 0.421 e. The predicted octanol–water partition coefficient (Wildman–Crippen LogP) is 6.92. The van der Waals surface area contributed by atoms with Crippen LogP contribution in [0.2, 0.25) is 0 Å². The Kier molecular flexibility index (Phi) is 6.31. The van der Waals surface area contributed by atoms with Crippen molar-refractivity contribution >= 4 is 88.0 Å². The zero-order valence-corrected chi connectivity index (χ0v) is 23.3. The highest BCUT2D eigenvalue weighted by molar-refractivity contribution is 9.14. The van der Waals surface area contributed by atoms with Crippen molar-refractivity contribution in [2.75, 3.05) is 4.90 Å². The lowest BCUT2D eigenvalue weighted by Gasteiger charge is -2.46. The van der Waals surface area contributed by atoms with Crippen LogP contribution in [0.5, 0.6) is 0 Å². The van der Waals surface area contributed by atoms with Crippen LogP contribution in [0.1, 0.15) is 38.3 Å². The van der Waals surface area contributed by atoms with Crippen LogP contribution < -0.4 is 4.90 Å². The zero-order chi connectivity index (χ0) is 24.3. The van der Waals surface area contributed by atoms with Crippen molar-refractivity contribution in [2.45, 2.75) is 38.3 Å². The number of halogens is 4. The Morgan fingerprint density at radius 1 is 1.12 bits per heavy atom. The van der Waals surface area contributed by atoms with Gasteiger partial charge in [0.2, 0.25) is 5.91 Å². The number of anilines is 1. The summed E-state index contributed by atoms with van der Waals surface area (Å²) in [5.74, 6) is -0.869. The number of β-lactam (4-membered cyclic amide) rings is 1. The average Bonchev–Trinajstić information content (AvgIpc) is 2.99. The molecule has 2 aromatic carbocycles. The number of carbonyl (C=O) groups excluding carboxylic acids is 3. The van der Waals surface area contributed by atoms with Crippen LogP contribution >= 0.6 is 59.4 Å². The van der Waals surface area contributed by atoms with Gasteiger partial charge in [-0.15, -0.1) is 0 Å². The lowest BCUT2D eigenvalue weighted by atomic mass is 9.78. The van der Waals surface area contributed by atoms with Gasteiger partial charge in [0, 0.05) is 25.2 Å². The Balaban J connectivity index is 1.89. The Bertz CT molecular complexity index is 1230. The second-order valence-electron chi connectivity index (χ2n) is 8.65. The van der Waals surface area contributed by atoms with Crippen LogP contribution in [0.25, 0.3) is 5.03 Å². The Morgan fingerprint density at radius 2 is 1.76 bits per heavy atom. The van der Waals surface area contributed by atoms with Gasteiger partial charge in [0.1, 0.15) is 5.60 Å². The lowest BCUT2D eigenvalue weighted by Crippen LogP contribution is -2.64. The summed E-state index contributed by atoms with van der Waals surface area (Å²) in [6, 6.07) is 10.8. The summed E-state index contributed by atoms with van der Waals surface area (Å²) in [4.78, 5) is 42.0. The second kappa shape index (κ2) is 8.52. The highest BCUT2D eigenvalue weighted by atomic mass is 79.9. The minimum absolute atomic E-state index is 0.111. The van der Waals surface area contributed by atoms with Crippen molar-refractivity contribution in [2.24, 2.45) is 0 Å². The molecule has 2 heterocycles. The quantitative estimate of drug-likeness (QED) is 0.259. The van der Waals surface area contributed by atoms with E-state index in [4.69, 9.17) is 16.3 Å². The topological polar surface area (TPSA) is 66.9 Å². The van der Waals surface area contributed by atoms with Crippen LogP contribution in [0, 0.1) is 0 Å². The van der Waals surface area contributed by atoms with Gasteiger partial charge in [-0.2, -0.15) is 0 Å². The fraction of sp³-hybridized carbons (Fsp3) is 0.261. The average molecular weight is 662 g/mol. The van der Waals surface area contributed by atoms with Gasteiger partial charge in [-0.1, -0.05) is 41.9 Å². The Morgan fingerprint density at radius 3 is 2.33 bits per heavy atom. The Hall–Kier alpha value is -1.68. The van der Waals surface area contributed by atoms with Crippen molar-refractivity contribution in [1.82, 2.24) is 4.90 Å². The van der Waals surface area contributed by atoms with E-state index in [-0.39, 0.29) is 12.3 Å². The van der Waals surface area contributed by atoms with E-state index < -0.39 is 23.1 Å². The van der Waals surface area contributed by atoms with Gasteiger partial charge in [-0.3, -0.25) is 14.5 Å². The molecule has 172 valence electrons. The molecule has 0 saturated carbocycles. The first-order chi connectivity index (χ1) is 15.4. The summed E-state index contributed by atoms with van der Waals surface area (Å²) >= 11 is 17.0. The first kappa shape index (κ1) is 24.4. The van der Waals surface area contributed by atoms with E-state index in [0.29, 0.717) is 35.3 Å². The number of ether oxygens (including phenoxy) is 1. The minimum Gasteiger partial charge on any atom is -0.443 e. The molecule has 0 radical (unpaired) electrons. The van der Waals surface area contributed by atoms with Gasteiger partial charge in [-0.05, 0) is 80.2 Å². The van der Waals surface area contributed by atoms with E-state index in [2.05, 4.69) is 47.8 Å². The monoisotopic (exact) mass is 658 g/mol. The van der Waals surface area contributed by atoms with E-state index in [0.717, 1.165) is 4.90 Å². The third kappa shape index (κ3) is 3.96. The summed E-state index contributed by atoms with van der Waals surface area (Å²) in [5, 5.41) is 0.292. The molecule has 1 fully saturated rings. The first-order valence-electron chi connectivity index (χ1n) is 9.89. The summed E-state index contributed by atoms with van der Waals surface area (Å²) in [6.45, 7) is 5.16. The molecule has 1 spiro atoms. The number of benzene rings is 2. The van der Waals surface area contributed by atoms with Crippen molar-refractivity contribution in [3.8, 4) is 0 Å². The van der Waals surface area contributed by atoms with Crippen molar-refractivity contribution in [1.29, 1.82) is 0 Å². The standard InChI is InChI=1S/C23H18Br3ClN2O4/c1-22(2,3)33-21(32)29-15-9-13(24)18(25)19(26)17(15)23(20(29)31)10-16(30)28(23)11-14(27)12-7-5-4-6-8-12/h4-9,11H,10H2,1-3H3/b14-11+. The molecule has 1 unspecified atom stereocenters.